The Kier molecular flexibility index (Phi) is 8.16. The average molecular weight is 371 g/mol. The van der Waals surface area contributed by atoms with Crippen LogP contribution in [0.2, 0.25) is 0 Å². The van der Waals surface area contributed by atoms with E-state index in [1.165, 1.54) is 6.07 Å². The zero-order valence-electron chi connectivity index (χ0n) is 16.1. The highest BCUT2D eigenvalue weighted by Gasteiger charge is 2.08. The third-order valence-corrected chi connectivity index (χ3v) is 4.14. The van der Waals surface area contributed by atoms with Crippen LogP contribution in [0.4, 0.5) is 0 Å². The Morgan fingerprint density at radius 3 is 2.70 bits per heavy atom. The van der Waals surface area contributed by atoms with Gasteiger partial charge in [0.1, 0.15) is 5.82 Å². The van der Waals surface area contributed by atoms with Crippen LogP contribution >= 0.6 is 0 Å². The van der Waals surface area contributed by atoms with Gasteiger partial charge < -0.3 is 16.0 Å². The molecule has 1 heterocycles. The second kappa shape index (κ2) is 10.6. The van der Waals surface area contributed by atoms with E-state index in [2.05, 4.69) is 22.2 Å². The Labute approximate surface area is 160 Å². The summed E-state index contributed by atoms with van der Waals surface area (Å²) in [6, 6.07) is 9.29. The molecule has 146 valence electrons. The molecule has 27 heavy (non-hydrogen) atoms. The van der Waals surface area contributed by atoms with Gasteiger partial charge in [0.2, 0.25) is 5.91 Å². The van der Waals surface area contributed by atoms with Gasteiger partial charge in [0, 0.05) is 36.8 Å². The van der Waals surface area contributed by atoms with Gasteiger partial charge >= 0.3 is 0 Å². The molecule has 1 aromatic heterocycles. The highest BCUT2D eigenvalue weighted by molar-refractivity contribution is 5.77. The number of carbonyl (C=O) groups excluding carboxylic acids is 1. The zero-order chi connectivity index (χ0) is 19.6. The third-order valence-electron chi connectivity index (χ3n) is 4.14. The molecule has 2 rings (SSSR count). The molecule has 0 fully saturated rings. The molecule has 0 bridgehead atoms. The topological polar surface area (TPSA) is 104 Å². The summed E-state index contributed by atoms with van der Waals surface area (Å²) in [5.41, 5.74) is 7.99. The van der Waals surface area contributed by atoms with Crippen molar-refractivity contribution in [2.45, 2.75) is 32.7 Å². The molecule has 2 aromatic rings. The van der Waals surface area contributed by atoms with Gasteiger partial charge in [-0.15, -0.1) is 0 Å². The maximum Gasteiger partial charge on any atom is 0.251 e. The van der Waals surface area contributed by atoms with Crippen LogP contribution in [0.3, 0.4) is 0 Å². The number of carbonyl (C=O) groups is 1. The Bertz CT molecular complexity index is 786. The summed E-state index contributed by atoms with van der Waals surface area (Å²) >= 11 is 0. The molecule has 0 aliphatic carbocycles. The average Bonchev–Trinajstić information content (AvgIpc) is 2.62. The third kappa shape index (κ3) is 6.96. The van der Waals surface area contributed by atoms with E-state index in [1.54, 1.807) is 0 Å². The minimum absolute atomic E-state index is 0.0427. The van der Waals surface area contributed by atoms with Crippen LogP contribution in [-0.4, -0.2) is 47.5 Å². The maximum absolute atomic E-state index is 11.9. The minimum Gasteiger partial charge on any atom is -0.355 e. The SMILES string of the molecule is CCCCNC(=O)CN(C)Cc1ccc(-c2nc(CCN)cc(=O)[nH]2)cc1. The Morgan fingerprint density at radius 1 is 1.30 bits per heavy atom. The highest BCUT2D eigenvalue weighted by atomic mass is 16.2. The van der Waals surface area contributed by atoms with E-state index < -0.39 is 0 Å². The monoisotopic (exact) mass is 371 g/mol. The predicted molar refractivity (Wildman–Crippen MR) is 107 cm³/mol. The van der Waals surface area contributed by atoms with Crippen molar-refractivity contribution in [3.63, 3.8) is 0 Å². The van der Waals surface area contributed by atoms with Crippen LogP contribution in [-0.2, 0) is 17.8 Å². The Hall–Kier alpha value is -2.51. The summed E-state index contributed by atoms with van der Waals surface area (Å²) in [5, 5.41) is 2.92. The van der Waals surface area contributed by atoms with Gasteiger partial charge in [0.15, 0.2) is 0 Å². The van der Waals surface area contributed by atoms with Crippen molar-refractivity contribution >= 4 is 5.91 Å². The summed E-state index contributed by atoms with van der Waals surface area (Å²) in [5.74, 6) is 0.585. The summed E-state index contributed by atoms with van der Waals surface area (Å²) in [6.45, 7) is 4.31. The van der Waals surface area contributed by atoms with Gasteiger partial charge in [-0.25, -0.2) is 4.98 Å². The molecular formula is C20H29N5O2. The predicted octanol–water partition coefficient (Wildman–Crippen LogP) is 1.29. The number of aromatic amines is 1. The van der Waals surface area contributed by atoms with Gasteiger partial charge in [-0.2, -0.15) is 0 Å². The van der Waals surface area contributed by atoms with E-state index in [0.29, 0.717) is 37.6 Å². The quantitative estimate of drug-likeness (QED) is 0.546. The molecule has 7 nitrogen and oxygen atoms in total. The summed E-state index contributed by atoms with van der Waals surface area (Å²) < 4.78 is 0. The molecule has 1 amide bonds. The normalized spacial score (nSPS) is 11.0. The molecule has 0 unspecified atom stereocenters. The maximum atomic E-state index is 11.9. The molecule has 0 saturated carbocycles. The molecule has 0 atom stereocenters. The van der Waals surface area contributed by atoms with E-state index >= 15 is 0 Å². The number of nitrogens with one attached hydrogen (secondary N) is 2. The van der Waals surface area contributed by atoms with Crippen LogP contribution in [0.25, 0.3) is 11.4 Å². The van der Waals surface area contributed by atoms with Gasteiger partial charge in [-0.05, 0) is 25.6 Å². The lowest BCUT2D eigenvalue weighted by Crippen LogP contribution is -2.35. The van der Waals surface area contributed by atoms with Crippen molar-refractivity contribution in [1.82, 2.24) is 20.2 Å². The Balaban J connectivity index is 1.97. The second-order valence-electron chi connectivity index (χ2n) is 6.70. The largest absolute Gasteiger partial charge is 0.355 e. The van der Waals surface area contributed by atoms with Crippen molar-refractivity contribution in [3.8, 4) is 11.4 Å². The van der Waals surface area contributed by atoms with Crippen molar-refractivity contribution in [2.75, 3.05) is 26.7 Å². The molecule has 0 aliphatic rings. The van der Waals surface area contributed by atoms with Gasteiger partial charge in [-0.1, -0.05) is 37.6 Å². The number of hydrogen-bond donors (Lipinski definition) is 3. The molecule has 7 heteroatoms. The summed E-state index contributed by atoms with van der Waals surface area (Å²) in [7, 11) is 1.92. The van der Waals surface area contributed by atoms with Crippen LogP contribution in [0.1, 0.15) is 31.0 Å². The van der Waals surface area contributed by atoms with Crippen molar-refractivity contribution in [1.29, 1.82) is 0 Å². The first kappa shape index (κ1) is 20.8. The number of H-pyrrole nitrogens is 1. The molecule has 0 saturated heterocycles. The zero-order valence-corrected chi connectivity index (χ0v) is 16.1. The molecule has 0 spiro atoms. The van der Waals surface area contributed by atoms with E-state index in [9.17, 15) is 9.59 Å². The highest BCUT2D eigenvalue weighted by Crippen LogP contribution is 2.15. The number of unbranched alkanes of at least 4 members (excludes halogenated alkanes) is 1. The smallest absolute Gasteiger partial charge is 0.251 e. The molecule has 4 N–H and O–H groups in total. The number of likely N-dealkylation sites (N-methyl/N-ethyl adjacent to an activating group) is 1. The lowest BCUT2D eigenvalue weighted by molar-refractivity contribution is -0.122. The number of hydrogen-bond acceptors (Lipinski definition) is 5. The van der Waals surface area contributed by atoms with Gasteiger partial charge in [0.25, 0.3) is 5.56 Å². The number of benzene rings is 1. The minimum atomic E-state index is -0.179. The number of nitrogens with zero attached hydrogens (tertiary/aromatic N) is 2. The van der Waals surface area contributed by atoms with Crippen LogP contribution in [0.5, 0.6) is 0 Å². The summed E-state index contributed by atoms with van der Waals surface area (Å²) in [6.07, 6.45) is 2.64. The van der Waals surface area contributed by atoms with E-state index in [-0.39, 0.29) is 11.5 Å². The first-order valence-corrected chi connectivity index (χ1v) is 9.36. The molecular weight excluding hydrogens is 342 g/mol. The van der Waals surface area contributed by atoms with E-state index in [4.69, 9.17) is 5.73 Å². The van der Waals surface area contributed by atoms with E-state index in [0.717, 1.165) is 30.5 Å². The standard InChI is InChI=1S/C20H29N5O2/c1-3-4-11-22-19(27)14-25(2)13-15-5-7-16(8-6-15)20-23-17(9-10-21)12-18(26)24-20/h5-8,12H,3-4,9-11,13-14,21H2,1-2H3,(H,22,27)(H,23,24,26). The number of nitrogens with two attached hydrogens (primary N) is 1. The number of rotatable bonds is 10. The van der Waals surface area contributed by atoms with Crippen LogP contribution < -0.4 is 16.6 Å². The first-order chi connectivity index (χ1) is 13.0. The Morgan fingerprint density at radius 2 is 2.04 bits per heavy atom. The lowest BCUT2D eigenvalue weighted by atomic mass is 10.1. The van der Waals surface area contributed by atoms with E-state index in [1.807, 2.05) is 36.2 Å². The van der Waals surface area contributed by atoms with Crippen LogP contribution in [0, 0.1) is 0 Å². The van der Waals surface area contributed by atoms with Crippen molar-refractivity contribution < 1.29 is 4.79 Å². The number of aromatic nitrogens is 2. The molecule has 0 aliphatic heterocycles. The van der Waals surface area contributed by atoms with Crippen molar-refractivity contribution in [2.24, 2.45) is 5.73 Å². The molecule has 0 radical (unpaired) electrons. The van der Waals surface area contributed by atoms with Crippen molar-refractivity contribution in [3.05, 3.63) is 51.9 Å². The number of amides is 1. The van der Waals surface area contributed by atoms with Gasteiger partial charge in [-0.3, -0.25) is 14.5 Å². The second-order valence-corrected chi connectivity index (χ2v) is 6.70. The fourth-order valence-corrected chi connectivity index (χ4v) is 2.76. The van der Waals surface area contributed by atoms with Crippen LogP contribution in [0.15, 0.2) is 35.1 Å². The lowest BCUT2D eigenvalue weighted by Gasteiger charge is -2.16. The summed E-state index contributed by atoms with van der Waals surface area (Å²) in [4.78, 5) is 32.9. The first-order valence-electron chi connectivity index (χ1n) is 9.36. The van der Waals surface area contributed by atoms with Gasteiger partial charge in [0.05, 0.1) is 6.54 Å². The fourth-order valence-electron chi connectivity index (χ4n) is 2.76. The molecule has 1 aromatic carbocycles. The fraction of sp³-hybridized carbons (Fsp3) is 0.450.